The Labute approximate surface area is 172 Å². The molecule has 2 rings (SSSR count). The summed E-state index contributed by atoms with van der Waals surface area (Å²) in [6.07, 6.45) is 2.79. The van der Waals surface area contributed by atoms with Crippen molar-refractivity contribution < 1.29 is 19.1 Å². The summed E-state index contributed by atoms with van der Waals surface area (Å²) < 4.78 is 10.2. The standard InChI is InChI=1S/C23H30N2O4/c1-28-20-10-6-18(7-11-20)14-16-24-22(26)4-3-5-23(27)25-17-15-19-8-12-21(29-2)13-9-19/h6-13H,3-5,14-17H2,1-2H3,(H,24,26)(H,25,27). The molecule has 0 bridgehead atoms. The van der Waals surface area contributed by atoms with E-state index in [1.807, 2.05) is 48.5 Å². The summed E-state index contributed by atoms with van der Waals surface area (Å²) in [7, 11) is 3.27. The van der Waals surface area contributed by atoms with Gasteiger partial charge in [-0.25, -0.2) is 0 Å². The fourth-order valence-corrected chi connectivity index (χ4v) is 2.86. The summed E-state index contributed by atoms with van der Waals surface area (Å²) in [4.78, 5) is 23.8. The molecule has 2 aromatic rings. The summed E-state index contributed by atoms with van der Waals surface area (Å²) in [6, 6.07) is 15.6. The van der Waals surface area contributed by atoms with Crippen molar-refractivity contribution in [3.05, 3.63) is 59.7 Å². The number of carbonyl (C=O) groups excluding carboxylic acids is 2. The van der Waals surface area contributed by atoms with Gasteiger partial charge in [-0.2, -0.15) is 0 Å². The Balaban J connectivity index is 1.52. The molecule has 6 nitrogen and oxygen atoms in total. The van der Waals surface area contributed by atoms with Gasteiger partial charge in [-0.1, -0.05) is 24.3 Å². The van der Waals surface area contributed by atoms with Crippen LogP contribution >= 0.6 is 0 Å². The zero-order chi connectivity index (χ0) is 20.9. The van der Waals surface area contributed by atoms with Gasteiger partial charge < -0.3 is 20.1 Å². The Morgan fingerprint density at radius 3 is 1.41 bits per heavy atom. The van der Waals surface area contributed by atoms with Crippen LogP contribution in [0.25, 0.3) is 0 Å². The van der Waals surface area contributed by atoms with Crippen molar-refractivity contribution in [2.45, 2.75) is 32.1 Å². The predicted molar refractivity (Wildman–Crippen MR) is 113 cm³/mol. The number of amides is 2. The summed E-state index contributed by atoms with van der Waals surface area (Å²) in [6.45, 7) is 1.17. The van der Waals surface area contributed by atoms with Crippen molar-refractivity contribution in [1.82, 2.24) is 10.6 Å². The van der Waals surface area contributed by atoms with Crippen molar-refractivity contribution in [1.29, 1.82) is 0 Å². The molecular formula is C23H30N2O4. The third-order valence-electron chi connectivity index (χ3n) is 4.60. The molecule has 2 N–H and O–H groups in total. The van der Waals surface area contributed by atoms with E-state index in [2.05, 4.69) is 10.6 Å². The van der Waals surface area contributed by atoms with Crippen molar-refractivity contribution in [3.8, 4) is 11.5 Å². The average molecular weight is 399 g/mol. The lowest BCUT2D eigenvalue weighted by Crippen LogP contribution is -2.27. The molecule has 0 unspecified atom stereocenters. The molecule has 0 heterocycles. The van der Waals surface area contributed by atoms with Crippen LogP contribution in [0.15, 0.2) is 48.5 Å². The summed E-state index contributed by atoms with van der Waals surface area (Å²) in [5, 5.41) is 5.79. The van der Waals surface area contributed by atoms with Crippen LogP contribution in [0.2, 0.25) is 0 Å². The molecule has 156 valence electrons. The average Bonchev–Trinajstić information content (AvgIpc) is 2.75. The highest BCUT2D eigenvalue weighted by Gasteiger charge is 2.05. The fraction of sp³-hybridized carbons (Fsp3) is 0.391. The number of carbonyl (C=O) groups is 2. The number of hydrogen-bond acceptors (Lipinski definition) is 4. The van der Waals surface area contributed by atoms with Gasteiger partial charge >= 0.3 is 0 Å². The van der Waals surface area contributed by atoms with Gasteiger partial charge in [0.2, 0.25) is 11.8 Å². The Morgan fingerprint density at radius 2 is 1.07 bits per heavy atom. The maximum absolute atomic E-state index is 11.9. The number of benzene rings is 2. The van der Waals surface area contributed by atoms with Crippen LogP contribution in [-0.2, 0) is 22.4 Å². The molecule has 0 spiro atoms. The highest BCUT2D eigenvalue weighted by Crippen LogP contribution is 2.12. The Bertz CT molecular complexity index is 692. The minimum absolute atomic E-state index is 0.0236. The highest BCUT2D eigenvalue weighted by molar-refractivity contribution is 5.78. The molecular weight excluding hydrogens is 368 g/mol. The third kappa shape index (κ3) is 8.68. The second-order valence-corrected chi connectivity index (χ2v) is 6.75. The number of rotatable bonds is 12. The van der Waals surface area contributed by atoms with Crippen LogP contribution in [0.1, 0.15) is 30.4 Å². The van der Waals surface area contributed by atoms with Crippen LogP contribution in [0.3, 0.4) is 0 Å². The van der Waals surface area contributed by atoms with E-state index < -0.39 is 0 Å². The smallest absolute Gasteiger partial charge is 0.220 e. The van der Waals surface area contributed by atoms with E-state index in [0.29, 0.717) is 32.4 Å². The first kappa shape index (κ1) is 22.3. The van der Waals surface area contributed by atoms with Gasteiger partial charge in [-0.15, -0.1) is 0 Å². The van der Waals surface area contributed by atoms with E-state index >= 15 is 0 Å². The van der Waals surface area contributed by atoms with Crippen LogP contribution in [-0.4, -0.2) is 39.1 Å². The Morgan fingerprint density at radius 1 is 0.690 bits per heavy atom. The molecule has 0 aliphatic rings. The summed E-state index contributed by atoms with van der Waals surface area (Å²) >= 11 is 0. The summed E-state index contributed by atoms with van der Waals surface area (Å²) in [5.41, 5.74) is 2.28. The zero-order valence-electron chi connectivity index (χ0n) is 17.2. The Kier molecular flexibility index (Phi) is 9.55. The molecule has 0 radical (unpaired) electrons. The lowest BCUT2D eigenvalue weighted by molar-refractivity contribution is -0.122. The van der Waals surface area contributed by atoms with E-state index in [9.17, 15) is 9.59 Å². The van der Waals surface area contributed by atoms with Gasteiger partial charge in [0, 0.05) is 25.9 Å². The molecule has 6 heteroatoms. The van der Waals surface area contributed by atoms with Crippen LogP contribution < -0.4 is 20.1 Å². The fourth-order valence-electron chi connectivity index (χ4n) is 2.86. The van der Waals surface area contributed by atoms with Gasteiger partial charge in [-0.05, 0) is 54.7 Å². The topological polar surface area (TPSA) is 76.7 Å². The van der Waals surface area contributed by atoms with E-state index in [1.54, 1.807) is 14.2 Å². The maximum Gasteiger partial charge on any atom is 0.220 e. The Hall–Kier alpha value is -3.02. The maximum atomic E-state index is 11.9. The van der Waals surface area contributed by atoms with Crippen molar-refractivity contribution >= 4 is 11.8 Å². The lowest BCUT2D eigenvalue weighted by atomic mass is 10.1. The first-order valence-electron chi connectivity index (χ1n) is 9.90. The monoisotopic (exact) mass is 398 g/mol. The van der Waals surface area contributed by atoms with Gasteiger partial charge in [0.05, 0.1) is 14.2 Å². The number of hydrogen-bond donors (Lipinski definition) is 2. The van der Waals surface area contributed by atoms with E-state index in [4.69, 9.17) is 9.47 Å². The lowest BCUT2D eigenvalue weighted by Gasteiger charge is -2.07. The molecule has 0 atom stereocenters. The highest BCUT2D eigenvalue weighted by atomic mass is 16.5. The largest absolute Gasteiger partial charge is 0.497 e. The van der Waals surface area contributed by atoms with Gasteiger partial charge in [0.25, 0.3) is 0 Å². The normalized spacial score (nSPS) is 10.3. The second kappa shape index (κ2) is 12.4. The minimum Gasteiger partial charge on any atom is -0.497 e. The molecule has 0 aliphatic carbocycles. The number of methoxy groups -OCH3 is 2. The molecule has 0 fully saturated rings. The van der Waals surface area contributed by atoms with E-state index in [0.717, 1.165) is 35.5 Å². The minimum atomic E-state index is -0.0236. The van der Waals surface area contributed by atoms with Crippen molar-refractivity contribution in [2.24, 2.45) is 0 Å². The molecule has 0 saturated carbocycles. The quantitative estimate of drug-likeness (QED) is 0.576. The third-order valence-corrected chi connectivity index (χ3v) is 4.60. The molecule has 2 aromatic carbocycles. The first-order valence-corrected chi connectivity index (χ1v) is 9.90. The SMILES string of the molecule is COc1ccc(CCNC(=O)CCCC(=O)NCCc2ccc(OC)cc2)cc1. The van der Waals surface area contributed by atoms with E-state index in [-0.39, 0.29) is 11.8 Å². The zero-order valence-corrected chi connectivity index (χ0v) is 17.2. The molecule has 29 heavy (non-hydrogen) atoms. The van der Waals surface area contributed by atoms with E-state index in [1.165, 1.54) is 0 Å². The number of nitrogens with one attached hydrogen (secondary N) is 2. The van der Waals surface area contributed by atoms with Crippen molar-refractivity contribution in [2.75, 3.05) is 27.3 Å². The second-order valence-electron chi connectivity index (χ2n) is 6.75. The number of ether oxygens (including phenoxy) is 2. The van der Waals surface area contributed by atoms with Gasteiger partial charge in [0.1, 0.15) is 11.5 Å². The van der Waals surface area contributed by atoms with Gasteiger partial charge in [0.15, 0.2) is 0 Å². The van der Waals surface area contributed by atoms with Crippen LogP contribution in [0.4, 0.5) is 0 Å². The molecule has 0 aliphatic heterocycles. The van der Waals surface area contributed by atoms with Gasteiger partial charge in [-0.3, -0.25) is 9.59 Å². The molecule has 0 aromatic heterocycles. The van der Waals surface area contributed by atoms with Crippen molar-refractivity contribution in [3.63, 3.8) is 0 Å². The summed E-state index contributed by atoms with van der Waals surface area (Å²) in [5.74, 6) is 1.59. The molecule has 2 amide bonds. The van der Waals surface area contributed by atoms with Crippen LogP contribution in [0, 0.1) is 0 Å². The molecule has 0 saturated heterocycles. The first-order chi connectivity index (χ1) is 14.1. The van der Waals surface area contributed by atoms with Crippen LogP contribution in [0.5, 0.6) is 11.5 Å². The predicted octanol–water partition coefficient (Wildman–Crippen LogP) is 2.89.